The maximum absolute atomic E-state index is 13.9. The molecule has 0 radical (unpaired) electrons. The lowest BCUT2D eigenvalue weighted by Crippen LogP contribution is -2.53. The molecule has 0 aliphatic heterocycles. The second kappa shape index (κ2) is 11.8. The van der Waals surface area contributed by atoms with Crippen LogP contribution in [0.5, 0.6) is 0 Å². The number of nitrogens with zero attached hydrogens (tertiary/aromatic N) is 1. The topological polar surface area (TPSA) is 87.7 Å². The molecule has 2 aromatic rings. The fraction of sp³-hybridized carbons (Fsp3) is 0.464. The van der Waals surface area contributed by atoms with Crippen LogP contribution in [-0.2, 0) is 14.3 Å². The molecule has 0 aliphatic carbocycles. The zero-order valence-corrected chi connectivity index (χ0v) is 23.4. The van der Waals surface area contributed by atoms with Gasteiger partial charge in [-0.3, -0.25) is 9.59 Å². The van der Waals surface area contributed by atoms with Gasteiger partial charge in [-0.25, -0.2) is 4.79 Å². The van der Waals surface area contributed by atoms with E-state index in [1.54, 1.807) is 33.8 Å². The van der Waals surface area contributed by atoms with E-state index < -0.39 is 35.6 Å². The Bertz CT molecular complexity index is 1100. The Morgan fingerprint density at radius 3 is 2.14 bits per heavy atom. The van der Waals surface area contributed by atoms with Crippen molar-refractivity contribution in [2.24, 2.45) is 0 Å². The predicted molar refractivity (Wildman–Crippen MR) is 144 cm³/mol. The zero-order chi connectivity index (χ0) is 27.4. The highest BCUT2D eigenvalue weighted by molar-refractivity contribution is 6.34. The highest BCUT2D eigenvalue weighted by Gasteiger charge is 2.37. The van der Waals surface area contributed by atoms with Crippen LogP contribution in [0.15, 0.2) is 36.4 Å². The highest BCUT2D eigenvalue weighted by Crippen LogP contribution is 2.32. The molecule has 2 aromatic carbocycles. The molecular formula is C28H38ClN3O4. The summed E-state index contributed by atoms with van der Waals surface area (Å²) in [5.41, 5.74) is 3.19. The molecule has 196 valence electrons. The maximum Gasteiger partial charge on any atom is 0.408 e. The third kappa shape index (κ3) is 7.47. The van der Waals surface area contributed by atoms with E-state index in [9.17, 15) is 14.4 Å². The number of benzene rings is 2. The average Bonchev–Trinajstić information content (AvgIpc) is 2.73. The van der Waals surface area contributed by atoms with Gasteiger partial charge in [-0.05, 0) is 85.1 Å². The molecule has 0 saturated heterocycles. The first-order chi connectivity index (χ1) is 16.6. The molecule has 8 heteroatoms. The van der Waals surface area contributed by atoms with Crippen molar-refractivity contribution in [2.75, 3.05) is 5.32 Å². The Labute approximate surface area is 219 Å². The fourth-order valence-corrected chi connectivity index (χ4v) is 4.25. The minimum atomic E-state index is -0.961. The Morgan fingerprint density at radius 1 is 0.972 bits per heavy atom. The number of hydrogen-bond acceptors (Lipinski definition) is 4. The molecule has 0 saturated carbocycles. The standard InChI is InChI=1S/C28H38ClN3O4/c1-16(2)32(26(34)20(6)30-27(35)36-28(7,8)9)24(21-14-13-17(3)15-19(21)5)25(33)31-23-18(4)11-10-12-22(23)29/h10-16,20,24H,1-9H3,(H,30,35)(H,31,33). The maximum atomic E-state index is 13.9. The van der Waals surface area contributed by atoms with Crippen LogP contribution in [0, 0.1) is 20.8 Å². The smallest absolute Gasteiger partial charge is 0.408 e. The van der Waals surface area contributed by atoms with Crippen molar-refractivity contribution < 1.29 is 19.1 Å². The SMILES string of the molecule is Cc1ccc(C(C(=O)Nc2c(C)cccc2Cl)N(C(=O)C(C)NC(=O)OC(C)(C)C)C(C)C)c(C)c1. The lowest BCUT2D eigenvalue weighted by atomic mass is 9.95. The number of hydrogen-bond donors (Lipinski definition) is 2. The van der Waals surface area contributed by atoms with Crippen LogP contribution in [0.1, 0.15) is 69.8 Å². The molecular weight excluding hydrogens is 478 g/mol. The second-order valence-electron chi connectivity index (χ2n) is 10.4. The number of carbonyl (C=O) groups excluding carboxylic acids is 3. The molecule has 0 heterocycles. The quantitative estimate of drug-likeness (QED) is 0.466. The van der Waals surface area contributed by atoms with E-state index in [0.717, 1.165) is 16.7 Å². The van der Waals surface area contributed by atoms with Crippen molar-refractivity contribution >= 4 is 35.2 Å². The minimum absolute atomic E-state index is 0.357. The first-order valence-electron chi connectivity index (χ1n) is 12.1. The molecule has 0 aromatic heterocycles. The van der Waals surface area contributed by atoms with Crippen molar-refractivity contribution in [3.05, 3.63) is 63.7 Å². The third-order valence-corrected chi connectivity index (χ3v) is 5.95. The number of amides is 3. The first kappa shape index (κ1) is 29.2. The van der Waals surface area contributed by atoms with Crippen LogP contribution >= 0.6 is 11.6 Å². The predicted octanol–water partition coefficient (Wildman–Crippen LogP) is 6.10. The Morgan fingerprint density at radius 2 is 1.61 bits per heavy atom. The number of rotatable bonds is 7. The van der Waals surface area contributed by atoms with Crippen molar-refractivity contribution in [2.45, 2.75) is 86.0 Å². The summed E-state index contributed by atoms with van der Waals surface area (Å²) >= 11 is 6.38. The summed E-state index contributed by atoms with van der Waals surface area (Å²) in [6.07, 6.45) is -0.703. The van der Waals surface area contributed by atoms with Crippen LogP contribution in [0.3, 0.4) is 0 Å². The minimum Gasteiger partial charge on any atom is -0.444 e. The summed E-state index contributed by atoms with van der Waals surface area (Å²) in [6, 6.07) is 8.87. The molecule has 0 fully saturated rings. The molecule has 7 nitrogen and oxygen atoms in total. The number of carbonyl (C=O) groups is 3. The molecule has 2 rings (SSSR count). The van der Waals surface area contributed by atoms with Crippen LogP contribution < -0.4 is 10.6 Å². The number of aryl methyl sites for hydroxylation is 3. The third-order valence-electron chi connectivity index (χ3n) is 5.63. The van der Waals surface area contributed by atoms with E-state index in [0.29, 0.717) is 16.3 Å². The summed E-state index contributed by atoms with van der Waals surface area (Å²) in [7, 11) is 0. The number of anilines is 1. The Kier molecular flexibility index (Phi) is 9.55. The molecule has 3 amide bonds. The van der Waals surface area contributed by atoms with Crippen molar-refractivity contribution in [1.82, 2.24) is 10.2 Å². The van der Waals surface area contributed by atoms with E-state index in [2.05, 4.69) is 10.6 Å². The number of nitrogens with one attached hydrogen (secondary N) is 2. The van der Waals surface area contributed by atoms with E-state index in [1.807, 2.05) is 65.0 Å². The summed E-state index contributed by atoms with van der Waals surface area (Å²) < 4.78 is 5.31. The van der Waals surface area contributed by atoms with Gasteiger partial charge < -0.3 is 20.3 Å². The number of para-hydroxylation sites is 1. The van der Waals surface area contributed by atoms with Crippen molar-refractivity contribution in [3.8, 4) is 0 Å². The van der Waals surface area contributed by atoms with Crippen LogP contribution in [-0.4, -0.2) is 40.5 Å². The van der Waals surface area contributed by atoms with Gasteiger partial charge in [0.1, 0.15) is 17.7 Å². The molecule has 0 aliphatic rings. The van der Waals surface area contributed by atoms with Gasteiger partial charge >= 0.3 is 6.09 Å². The molecule has 0 spiro atoms. The van der Waals surface area contributed by atoms with Crippen LogP contribution in [0.25, 0.3) is 0 Å². The van der Waals surface area contributed by atoms with Crippen LogP contribution in [0.2, 0.25) is 5.02 Å². The van der Waals surface area contributed by atoms with Gasteiger partial charge in [-0.2, -0.15) is 0 Å². The summed E-state index contributed by atoms with van der Waals surface area (Å²) in [4.78, 5) is 41.4. The number of ether oxygens (including phenoxy) is 1. The normalized spacial score (nSPS) is 13.1. The number of halogens is 1. The second-order valence-corrected chi connectivity index (χ2v) is 10.8. The van der Waals surface area contributed by atoms with Gasteiger partial charge in [-0.1, -0.05) is 47.5 Å². The largest absolute Gasteiger partial charge is 0.444 e. The van der Waals surface area contributed by atoms with Gasteiger partial charge in [0.05, 0.1) is 10.7 Å². The zero-order valence-electron chi connectivity index (χ0n) is 22.7. The van der Waals surface area contributed by atoms with E-state index in [1.165, 1.54) is 4.90 Å². The van der Waals surface area contributed by atoms with E-state index in [-0.39, 0.29) is 6.04 Å². The van der Waals surface area contributed by atoms with Gasteiger partial charge in [-0.15, -0.1) is 0 Å². The Hall–Kier alpha value is -3.06. The number of alkyl carbamates (subject to hydrolysis) is 1. The summed E-state index contributed by atoms with van der Waals surface area (Å²) in [6.45, 7) is 16.2. The van der Waals surface area contributed by atoms with Gasteiger partial charge in [0.15, 0.2) is 0 Å². The van der Waals surface area contributed by atoms with Gasteiger partial charge in [0.25, 0.3) is 5.91 Å². The lowest BCUT2D eigenvalue weighted by Gasteiger charge is -2.37. The summed E-state index contributed by atoms with van der Waals surface area (Å²) in [5, 5.41) is 5.95. The molecule has 2 N–H and O–H groups in total. The average molecular weight is 516 g/mol. The van der Waals surface area contributed by atoms with E-state index >= 15 is 0 Å². The molecule has 36 heavy (non-hydrogen) atoms. The van der Waals surface area contributed by atoms with Crippen molar-refractivity contribution in [1.29, 1.82) is 0 Å². The molecule has 2 unspecified atom stereocenters. The first-order valence-corrected chi connectivity index (χ1v) is 12.4. The van der Waals surface area contributed by atoms with Crippen LogP contribution in [0.4, 0.5) is 10.5 Å². The van der Waals surface area contributed by atoms with E-state index in [4.69, 9.17) is 16.3 Å². The van der Waals surface area contributed by atoms with Gasteiger partial charge in [0.2, 0.25) is 5.91 Å². The highest BCUT2D eigenvalue weighted by atomic mass is 35.5. The molecule has 0 bridgehead atoms. The molecule has 2 atom stereocenters. The summed E-state index contributed by atoms with van der Waals surface area (Å²) in [5.74, 6) is -0.809. The fourth-order valence-electron chi connectivity index (χ4n) is 3.98. The van der Waals surface area contributed by atoms with Gasteiger partial charge in [0, 0.05) is 6.04 Å². The Balaban J connectivity index is 2.51. The lowest BCUT2D eigenvalue weighted by molar-refractivity contribution is -0.142. The van der Waals surface area contributed by atoms with Crippen molar-refractivity contribution in [3.63, 3.8) is 0 Å². The monoisotopic (exact) mass is 515 g/mol.